The minimum Gasteiger partial charge on any atom is -0.409 e. The minimum absolute atomic E-state index is 0.163. The van der Waals surface area contributed by atoms with Gasteiger partial charge in [0.2, 0.25) is 5.91 Å². The second-order valence-electron chi connectivity index (χ2n) is 3.72. The van der Waals surface area contributed by atoms with Gasteiger partial charge in [0.05, 0.1) is 21.7 Å². The summed E-state index contributed by atoms with van der Waals surface area (Å²) in [5.74, 6) is -1.35. The number of oxime groups is 1. The van der Waals surface area contributed by atoms with Gasteiger partial charge in [-0.2, -0.15) is 0 Å². The predicted molar refractivity (Wildman–Crippen MR) is 80.0 cm³/mol. The van der Waals surface area contributed by atoms with Crippen LogP contribution < -0.4 is 11.1 Å². The molecule has 0 aliphatic rings. The largest absolute Gasteiger partial charge is 0.409 e. The molecule has 1 aromatic rings. The van der Waals surface area contributed by atoms with Gasteiger partial charge in [-0.05, 0) is 18.6 Å². The molecule has 1 amide bonds. The smallest absolute Gasteiger partial charge is 0.235 e. The van der Waals surface area contributed by atoms with Crippen molar-refractivity contribution in [3.63, 3.8) is 0 Å². The summed E-state index contributed by atoms with van der Waals surface area (Å²) in [7, 11) is 0. The molecule has 8 heteroatoms. The first-order valence-corrected chi connectivity index (χ1v) is 6.88. The van der Waals surface area contributed by atoms with Crippen LogP contribution in [0.2, 0.25) is 10.0 Å². The summed E-state index contributed by atoms with van der Waals surface area (Å²) in [6.07, 6.45) is 0.382. The number of benzene rings is 1. The third-order valence-electron chi connectivity index (χ3n) is 2.45. The van der Waals surface area contributed by atoms with Crippen molar-refractivity contribution in [2.45, 2.75) is 13.3 Å². The normalized spacial score (nSPS) is 13.2. The third kappa shape index (κ3) is 3.99. The highest BCUT2D eigenvalue weighted by Crippen LogP contribution is 2.34. The van der Waals surface area contributed by atoms with Crippen LogP contribution in [0.3, 0.4) is 0 Å². The molecule has 5 nitrogen and oxygen atoms in total. The number of nitrogens with zero attached hydrogens (tertiary/aromatic N) is 1. The molecule has 0 radical (unpaired) electrons. The molecule has 104 valence electrons. The summed E-state index contributed by atoms with van der Waals surface area (Å²) in [4.78, 5) is 12.0. The van der Waals surface area contributed by atoms with Crippen LogP contribution >= 0.6 is 39.1 Å². The van der Waals surface area contributed by atoms with Crippen LogP contribution in [-0.2, 0) is 4.79 Å². The van der Waals surface area contributed by atoms with Crippen LogP contribution in [0.5, 0.6) is 0 Å². The topological polar surface area (TPSA) is 87.7 Å². The number of anilines is 1. The lowest BCUT2D eigenvalue weighted by Gasteiger charge is -2.15. The van der Waals surface area contributed by atoms with Crippen molar-refractivity contribution < 1.29 is 10.0 Å². The molecule has 1 aromatic carbocycles. The summed E-state index contributed by atoms with van der Waals surface area (Å²) in [5, 5.41) is 14.6. The van der Waals surface area contributed by atoms with E-state index in [4.69, 9.17) is 34.1 Å². The van der Waals surface area contributed by atoms with E-state index in [1.165, 1.54) is 0 Å². The van der Waals surface area contributed by atoms with Crippen LogP contribution in [-0.4, -0.2) is 17.0 Å². The lowest BCUT2D eigenvalue weighted by atomic mass is 10.0. The van der Waals surface area contributed by atoms with E-state index in [9.17, 15) is 4.79 Å². The molecule has 0 bridgehead atoms. The summed E-state index contributed by atoms with van der Waals surface area (Å²) in [6, 6.07) is 3.21. The number of nitrogens with one attached hydrogen (secondary N) is 1. The zero-order valence-electron chi connectivity index (χ0n) is 9.95. The summed E-state index contributed by atoms with van der Waals surface area (Å²) in [5.41, 5.74) is 5.74. The van der Waals surface area contributed by atoms with Crippen molar-refractivity contribution in [1.82, 2.24) is 0 Å². The molecular weight excluding hydrogens is 357 g/mol. The molecule has 0 aliphatic heterocycles. The van der Waals surface area contributed by atoms with Crippen LogP contribution in [0.4, 0.5) is 5.69 Å². The number of hydrogen-bond acceptors (Lipinski definition) is 3. The summed E-state index contributed by atoms with van der Waals surface area (Å²) in [6.45, 7) is 1.74. The van der Waals surface area contributed by atoms with E-state index >= 15 is 0 Å². The van der Waals surface area contributed by atoms with Crippen molar-refractivity contribution in [3.8, 4) is 0 Å². The van der Waals surface area contributed by atoms with Gasteiger partial charge in [-0.25, -0.2) is 0 Å². The van der Waals surface area contributed by atoms with Gasteiger partial charge in [-0.3, -0.25) is 4.79 Å². The maximum absolute atomic E-state index is 12.0. The lowest BCUT2D eigenvalue weighted by Crippen LogP contribution is -2.34. The van der Waals surface area contributed by atoms with Crippen LogP contribution in [0.25, 0.3) is 0 Å². The van der Waals surface area contributed by atoms with Gasteiger partial charge in [-0.15, -0.1) is 0 Å². The molecule has 0 heterocycles. The fourth-order valence-electron chi connectivity index (χ4n) is 1.47. The molecular formula is C11H12BrCl2N3O2. The number of nitrogens with two attached hydrogens (primary N) is 1. The minimum atomic E-state index is -0.749. The Morgan fingerprint density at radius 1 is 1.53 bits per heavy atom. The highest BCUT2D eigenvalue weighted by molar-refractivity contribution is 9.10. The zero-order valence-corrected chi connectivity index (χ0v) is 13.1. The number of hydrogen-bond donors (Lipinski definition) is 3. The molecule has 0 saturated carbocycles. The molecule has 0 aromatic heterocycles. The molecule has 0 spiro atoms. The van der Waals surface area contributed by atoms with Crippen molar-refractivity contribution in [2.24, 2.45) is 16.8 Å². The molecule has 1 rings (SSSR count). The first-order valence-electron chi connectivity index (χ1n) is 5.33. The number of rotatable bonds is 4. The molecule has 19 heavy (non-hydrogen) atoms. The Morgan fingerprint density at radius 2 is 2.05 bits per heavy atom. The Morgan fingerprint density at radius 3 is 2.47 bits per heavy atom. The van der Waals surface area contributed by atoms with E-state index in [2.05, 4.69) is 26.4 Å². The number of amides is 1. The van der Waals surface area contributed by atoms with Gasteiger partial charge in [0.1, 0.15) is 0 Å². The Hall–Kier alpha value is -0.980. The predicted octanol–water partition coefficient (Wildman–Crippen LogP) is 3.47. The molecule has 4 N–H and O–H groups in total. The van der Waals surface area contributed by atoms with Gasteiger partial charge in [-0.1, -0.05) is 51.2 Å². The average molecular weight is 369 g/mol. The maximum atomic E-state index is 12.0. The van der Waals surface area contributed by atoms with Crippen LogP contribution in [0.15, 0.2) is 21.8 Å². The zero-order chi connectivity index (χ0) is 14.6. The number of amidine groups is 1. The SMILES string of the molecule is CCC(C(=O)Nc1c(Cl)cc(Br)cc1Cl)C(N)=NO. The van der Waals surface area contributed by atoms with Gasteiger partial charge >= 0.3 is 0 Å². The first kappa shape index (κ1) is 16.1. The molecule has 0 saturated heterocycles. The fourth-order valence-corrected chi connectivity index (χ4v) is 2.77. The van der Waals surface area contributed by atoms with E-state index < -0.39 is 11.8 Å². The van der Waals surface area contributed by atoms with Crippen LogP contribution in [0.1, 0.15) is 13.3 Å². The van der Waals surface area contributed by atoms with Crippen molar-refractivity contribution >= 4 is 56.6 Å². The van der Waals surface area contributed by atoms with E-state index in [0.29, 0.717) is 26.6 Å². The second kappa shape index (κ2) is 6.98. The quantitative estimate of drug-likeness (QED) is 0.329. The van der Waals surface area contributed by atoms with Gasteiger partial charge in [0.15, 0.2) is 5.84 Å². The Kier molecular flexibility index (Phi) is 5.90. The standard InChI is InChI=1S/C11H12BrCl2N3O2/c1-2-6(10(15)17-19)11(18)16-9-7(13)3-5(12)4-8(9)14/h3-4,6,19H,2H2,1H3,(H2,15,17)(H,16,18). The molecule has 1 atom stereocenters. The van der Waals surface area contributed by atoms with Crippen molar-refractivity contribution in [1.29, 1.82) is 0 Å². The van der Waals surface area contributed by atoms with E-state index in [1.807, 2.05) is 0 Å². The molecule has 0 aliphatic carbocycles. The monoisotopic (exact) mass is 367 g/mol. The Balaban J connectivity index is 3.00. The summed E-state index contributed by atoms with van der Waals surface area (Å²) < 4.78 is 0.698. The Bertz CT molecular complexity index is 500. The molecule has 0 fully saturated rings. The highest BCUT2D eigenvalue weighted by Gasteiger charge is 2.23. The van der Waals surface area contributed by atoms with Gasteiger partial charge < -0.3 is 16.3 Å². The fraction of sp³-hybridized carbons (Fsp3) is 0.273. The van der Waals surface area contributed by atoms with Gasteiger partial charge in [0, 0.05) is 4.47 Å². The summed E-state index contributed by atoms with van der Waals surface area (Å²) >= 11 is 15.2. The number of carbonyl (C=O) groups is 1. The third-order valence-corrected chi connectivity index (χ3v) is 3.51. The number of halogens is 3. The van der Waals surface area contributed by atoms with E-state index in [0.717, 1.165) is 0 Å². The first-order chi connectivity index (χ1) is 8.90. The highest BCUT2D eigenvalue weighted by atomic mass is 79.9. The second-order valence-corrected chi connectivity index (χ2v) is 5.45. The maximum Gasteiger partial charge on any atom is 0.235 e. The Labute approximate surface area is 128 Å². The van der Waals surface area contributed by atoms with E-state index in [-0.39, 0.29) is 5.84 Å². The lowest BCUT2D eigenvalue weighted by molar-refractivity contribution is -0.118. The van der Waals surface area contributed by atoms with Crippen molar-refractivity contribution in [3.05, 3.63) is 26.7 Å². The van der Waals surface area contributed by atoms with Crippen molar-refractivity contribution in [2.75, 3.05) is 5.32 Å². The number of carbonyl (C=O) groups excluding carboxylic acids is 1. The average Bonchev–Trinajstić information content (AvgIpc) is 2.34. The van der Waals surface area contributed by atoms with E-state index in [1.54, 1.807) is 19.1 Å². The van der Waals surface area contributed by atoms with Crippen LogP contribution in [0, 0.1) is 5.92 Å². The molecule has 1 unspecified atom stereocenters. The van der Waals surface area contributed by atoms with Gasteiger partial charge in [0.25, 0.3) is 0 Å².